The van der Waals surface area contributed by atoms with Crippen molar-refractivity contribution in [2.24, 2.45) is 0 Å². The summed E-state index contributed by atoms with van der Waals surface area (Å²) in [6.45, 7) is 0. The Balaban J connectivity index is 0.000000212. The minimum absolute atomic E-state index is 0. The van der Waals surface area contributed by atoms with E-state index in [-0.39, 0.29) is 19.5 Å². The Morgan fingerprint density at radius 3 is 0.655 bits per heavy atom. The van der Waals surface area contributed by atoms with Gasteiger partial charge in [0.2, 0.25) is 0 Å². The van der Waals surface area contributed by atoms with Crippen molar-refractivity contribution in [3.63, 3.8) is 0 Å². The molecule has 1 aliphatic carbocycles. The molecule has 10 heteroatoms. The second-order valence-corrected chi connectivity index (χ2v) is 17.5. The van der Waals surface area contributed by atoms with E-state index in [1.54, 1.807) is 0 Å². The molecule has 6 aromatic carbocycles. The molecule has 6 aromatic rings. The molecule has 55 heavy (non-hydrogen) atoms. The van der Waals surface area contributed by atoms with Crippen molar-refractivity contribution < 1.29 is 45.6 Å². The predicted molar refractivity (Wildman–Crippen MR) is 223 cm³/mol. The van der Waals surface area contributed by atoms with Gasteiger partial charge >= 0.3 is 5.51 Å². The monoisotopic (exact) mass is 884 g/mol. The number of allylic oxidation sites excluding steroid dienone is 4. The van der Waals surface area contributed by atoms with E-state index in [1.807, 2.05) is 0 Å². The summed E-state index contributed by atoms with van der Waals surface area (Å²) in [5, 5.41) is 8.39. The molecule has 0 aliphatic heterocycles. The van der Waals surface area contributed by atoms with E-state index >= 15 is 0 Å². The normalized spacial score (nSPS) is 12.3. The van der Waals surface area contributed by atoms with Gasteiger partial charge < -0.3 is 4.55 Å². The SMILES string of the molecule is C1=CCCC=CCC1.O=S(=O)([O-])C(F)(F)F.[Rh].c1ccc(P(c2ccccc2)c2ccccc2)cc1.c1ccc(P(c2ccccc2)c2ccccc2)cc1. The molecule has 1 radical (unpaired) electrons. The predicted octanol–water partition coefficient (Wildman–Crippen LogP) is 9.61. The van der Waals surface area contributed by atoms with Gasteiger partial charge in [-0.3, -0.25) is 0 Å². The van der Waals surface area contributed by atoms with Crippen molar-refractivity contribution >= 4 is 57.8 Å². The molecule has 0 aromatic heterocycles. The van der Waals surface area contributed by atoms with Gasteiger partial charge in [-0.15, -0.1) is 0 Å². The first-order valence-corrected chi connectivity index (χ1v) is 21.5. The Hall–Kier alpha value is -4.02. The van der Waals surface area contributed by atoms with Gasteiger partial charge in [0, 0.05) is 19.5 Å². The number of rotatable bonds is 6. The van der Waals surface area contributed by atoms with Crippen LogP contribution in [-0.4, -0.2) is 18.5 Å². The maximum absolute atomic E-state index is 10.7. The summed E-state index contributed by atoms with van der Waals surface area (Å²) in [5.41, 5.74) is -5.65. The molecule has 0 saturated carbocycles. The standard InChI is InChI=1S/2C18H15P.C8H12.CHF3O3S.Rh/c2*1-4-10-16(11-5-1)19(17-12-6-2-7-13-17)18-14-8-3-9-15-18;1-2-4-6-8-7-5-3-1;2-1(3,4)8(5,6)7;/h2*1-15H;1-2,7-8H,3-6H2;(H,5,6,7);/p-1. The molecule has 0 fully saturated rings. The molecule has 0 heterocycles. The van der Waals surface area contributed by atoms with Gasteiger partial charge in [0.05, 0.1) is 0 Å². The number of hydrogen-bond acceptors (Lipinski definition) is 3. The summed E-state index contributed by atoms with van der Waals surface area (Å²) in [7, 11) is -6.98. The van der Waals surface area contributed by atoms with Crippen molar-refractivity contribution in [3.8, 4) is 0 Å². The number of benzene rings is 6. The Bertz CT molecular complexity index is 1740. The van der Waals surface area contributed by atoms with Crippen LogP contribution in [0.25, 0.3) is 0 Å². The van der Waals surface area contributed by atoms with Crippen molar-refractivity contribution in [2.75, 3.05) is 0 Å². The van der Waals surface area contributed by atoms with Crippen LogP contribution in [-0.2, 0) is 29.6 Å². The third-order valence-electron chi connectivity index (χ3n) is 7.70. The molecule has 0 unspecified atom stereocenters. The summed E-state index contributed by atoms with van der Waals surface area (Å²) in [4.78, 5) is 0. The maximum Gasteiger partial charge on any atom is 0.485 e. The van der Waals surface area contributed by atoms with Gasteiger partial charge in [-0.05, 0) is 73.4 Å². The van der Waals surface area contributed by atoms with Crippen molar-refractivity contribution in [2.45, 2.75) is 31.2 Å². The van der Waals surface area contributed by atoms with Crippen LogP contribution in [0.2, 0.25) is 0 Å². The van der Waals surface area contributed by atoms with Crippen LogP contribution in [0.4, 0.5) is 13.2 Å². The van der Waals surface area contributed by atoms with Crippen LogP contribution in [0.5, 0.6) is 0 Å². The Morgan fingerprint density at radius 1 is 0.382 bits per heavy atom. The minimum atomic E-state index is -6.09. The quantitative estimate of drug-likeness (QED) is 0.0551. The van der Waals surface area contributed by atoms with E-state index in [0.717, 1.165) is 0 Å². The fourth-order valence-corrected chi connectivity index (χ4v) is 9.82. The summed E-state index contributed by atoms with van der Waals surface area (Å²) in [6.07, 6.45) is 14.0. The van der Waals surface area contributed by atoms with Gasteiger partial charge in [-0.1, -0.05) is 206 Å². The minimum Gasteiger partial charge on any atom is -0.741 e. The molecule has 0 atom stereocenters. The molecule has 0 N–H and O–H groups in total. The van der Waals surface area contributed by atoms with Crippen molar-refractivity contribution in [1.29, 1.82) is 0 Å². The van der Waals surface area contributed by atoms with Crippen molar-refractivity contribution in [3.05, 3.63) is 206 Å². The van der Waals surface area contributed by atoms with Crippen LogP contribution in [0, 0.1) is 0 Å². The van der Waals surface area contributed by atoms with Gasteiger partial charge in [0.1, 0.15) is 0 Å². The van der Waals surface area contributed by atoms with Crippen LogP contribution in [0.1, 0.15) is 25.7 Å². The largest absolute Gasteiger partial charge is 0.741 e. The van der Waals surface area contributed by atoms with Crippen LogP contribution in [0.15, 0.2) is 206 Å². The van der Waals surface area contributed by atoms with Gasteiger partial charge in [-0.2, -0.15) is 13.2 Å². The van der Waals surface area contributed by atoms with E-state index in [2.05, 4.69) is 206 Å². The Labute approximate surface area is 339 Å². The zero-order valence-corrected chi connectivity index (χ0v) is 34.2. The first-order chi connectivity index (χ1) is 26.1. The van der Waals surface area contributed by atoms with E-state index in [4.69, 9.17) is 13.0 Å². The second-order valence-electron chi connectivity index (χ2n) is 11.7. The molecule has 3 nitrogen and oxygen atoms in total. The zero-order chi connectivity index (χ0) is 38.5. The maximum atomic E-state index is 10.7. The Morgan fingerprint density at radius 2 is 0.527 bits per heavy atom. The summed E-state index contributed by atoms with van der Waals surface area (Å²) >= 11 is 0. The smallest absolute Gasteiger partial charge is 0.485 e. The average molecular weight is 885 g/mol. The topological polar surface area (TPSA) is 57.2 Å². The van der Waals surface area contributed by atoms with E-state index in [9.17, 15) is 13.2 Å². The molecule has 287 valence electrons. The Kier molecular flexibility index (Phi) is 20.2. The van der Waals surface area contributed by atoms with E-state index in [0.29, 0.717) is 0 Å². The summed E-state index contributed by atoms with van der Waals surface area (Å²) < 4.78 is 58.9. The molecule has 7 rings (SSSR count). The molecule has 0 spiro atoms. The first-order valence-electron chi connectivity index (χ1n) is 17.4. The fourth-order valence-electron chi connectivity index (χ4n) is 5.21. The summed E-state index contributed by atoms with van der Waals surface area (Å²) in [5.74, 6) is 0. The number of alkyl halides is 3. The number of hydrogen-bond donors (Lipinski definition) is 0. The molecule has 0 amide bonds. The van der Waals surface area contributed by atoms with Crippen LogP contribution >= 0.6 is 15.8 Å². The number of halogens is 3. The molecular formula is C45H42F3O3P2RhS-. The van der Waals surface area contributed by atoms with Crippen LogP contribution in [0.3, 0.4) is 0 Å². The van der Waals surface area contributed by atoms with E-state index < -0.39 is 31.5 Å². The van der Waals surface area contributed by atoms with Gasteiger partial charge in [0.25, 0.3) is 0 Å². The third-order valence-corrected chi connectivity index (χ3v) is 13.2. The van der Waals surface area contributed by atoms with Gasteiger partial charge in [0.15, 0.2) is 10.1 Å². The first kappa shape index (κ1) is 45.4. The molecular weight excluding hydrogens is 842 g/mol. The second kappa shape index (κ2) is 24.5. The van der Waals surface area contributed by atoms with E-state index in [1.165, 1.54) is 57.5 Å². The molecule has 0 saturated heterocycles. The summed E-state index contributed by atoms with van der Waals surface area (Å²) in [6, 6.07) is 64.7. The fraction of sp³-hybridized carbons (Fsp3) is 0.111. The molecule has 0 bridgehead atoms. The van der Waals surface area contributed by atoms with Gasteiger partial charge in [-0.25, -0.2) is 8.42 Å². The average Bonchev–Trinajstić information content (AvgIpc) is 3.18. The zero-order valence-electron chi connectivity index (χ0n) is 30.0. The van der Waals surface area contributed by atoms with Crippen LogP contribution < -0.4 is 31.8 Å². The third kappa shape index (κ3) is 15.9. The molecule has 1 aliphatic rings. The van der Waals surface area contributed by atoms with Crippen molar-refractivity contribution in [1.82, 2.24) is 0 Å².